The molecule has 1 aliphatic rings. The van der Waals surface area contributed by atoms with Gasteiger partial charge in [0.1, 0.15) is 5.82 Å². The quantitative estimate of drug-likeness (QED) is 0.853. The van der Waals surface area contributed by atoms with Crippen LogP contribution < -0.4 is 5.32 Å². The predicted molar refractivity (Wildman–Crippen MR) is 62.1 cm³/mol. The lowest BCUT2D eigenvalue weighted by molar-refractivity contribution is -0.137. The fourth-order valence-corrected chi connectivity index (χ4v) is 3.61. The van der Waals surface area contributed by atoms with Crippen LogP contribution in [0.5, 0.6) is 0 Å². The molecule has 0 spiro atoms. The van der Waals surface area contributed by atoms with Crippen LogP contribution in [0.25, 0.3) is 0 Å². The summed E-state index contributed by atoms with van der Waals surface area (Å²) in [5.74, 6) is -1.06. The largest absolute Gasteiger partial charge is 0.416 e. The summed E-state index contributed by atoms with van der Waals surface area (Å²) < 4.78 is 73.4. The summed E-state index contributed by atoms with van der Waals surface area (Å²) in [6.07, 6.45) is -4.30. The van der Waals surface area contributed by atoms with Crippen molar-refractivity contribution >= 4 is 15.5 Å². The maximum atomic E-state index is 13.4. The van der Waals surface area contributed by atoms with Crippen LogP contribution in [0.4, 0.5) is 23.2 Å². The van der Waals surface area contributed by atoms with Gasteiger partial charge in [0.2, 0.25) is 0 Å². The van der Waals surface area contributed by atoms with Crippen LogP contribution >= 0.6 is 0 Å². The van der Waals surface area contributed by atoms with Crippen LogP contribution in [-0.2, 0) is 16.0 Å². The van der Waals surface area contributed by atoms with E-state index in [0.29, 0.717) is 18.2 Å². The molecule has 1 aromatic rings. The van der Waals surface area contributed by atoms with Gasteiger partial charge in [0.05, 0.1) is 22.8 Å². The number of nitrogens with one attached hydrogen (secondary N) is 1. The number of benzene rings is 1. The molecule has 1 fully saturated rings. The average molecular weight is 297 g/mol. The number of sulfone groups is 1. The van der Waals surface area contributed by atoms with Gasteiger partial charge >= 0.3 is 6.18 Å². The fourth-order valence-electron chi connectivity index (χ4n) is 1.94. The van der Waals surface area contributed by atoms with Gasteiger partial charge in [-0.1, -0.05) is 0 Å². The molecule has 0 amide bonds. The first-order chi connectivity index (χ1) is 8.67. The number of hydrogen-bond donors (Lipinski definition) is 1. The first kappa shape index (κ1) is 14.1. The molecule has 19 heavy (non-hydrogen) atoms. The maximum Gasteiger partial charge on any atom is 0.416 e. The molecule has 0 aromatic heterocycles. The molecule has 1 atom stereocenters. The highest BCUT2D eigenvalue weighted by molar-refractivity contribution is 7.91. The molecule has 3 nitrogen and oxygen atoms in total. The Hall–Kier alpha value is -1.31. The Kier molecular flexibility index (Phi) is 3.46. The number of halogens is 4. The number of anilines is 1. The van der Waals surface area contributed by atoms with E-state index in [9.17, 15) is 26.0 Å². The SMILES string of the molecule is O=S1(=O)CCC(Nc2cc(C(F)(F)F)ccc2F)C1. The summed E-state index contributed by atoms with van der Waals surface area (Å²) in [7, 11) is -3.17. The minimum Gasteiger partial charge on any atom is -0.379 e. The fraction of sp³-hybridized carbons (Fsp3) is 0.455. The maximum absolute atomic E-state index is 13.4. The molecule has 1 saturated heterocycles. The Morgan fingerprint density at radius 2 is 1.95 bits per heavy atom. The zero-order valence-corrected chi connectivity index (χ0v) is 10.5. The summed E-state index contributed by atoms with van der Waals surface area (Å²) in [4.78, 5) is 0. The highest BCUT2D eigenvalue weighted by atomic mass is 32.2. The average Bonchev–Trinajstić information content (AvgIpc) is 2.60. The lowest BCUT2D eigenvalue weighted by atomic mass is 10.1. The Labute approximate surface area is 107 Å². The lowest BCUT2D eigenvalue weighted by Crippen LogP contribution is -2.21. The van der Waals surface area contributed by atoms with E-state index in [1.807, 2.05) is 0 Å². The van der Waals surface area contributed by atoms with Gasteiger partial charge in [-0.15, -0.1) is 0 Å². The Bertz CT molecular complexity index is 583. The van der Waals surface area contributed by atoms with Crippen LogP contribution in [0.1, 0.15) is 12.0 Å². The summed E-state index contributed by atoms with van der Waals surface area (Å²) >= 11 is 0. The molecule has 1 aromatic carbocycles. The van der Waals surface area contributed by atoms with Gasteiger partial charge in [0, 0.05) is 6.04 Å². The van der Waals surface area contributed by atoms with Crippen LogP contribution in [0, 0.1) is 5.82 Å². The Morgan fingerprint density at radius 1 is 1.26 bits per heavy atom. The van der Waals surface area contributed by atoms with Crippen LogP contribution in [0.2, 0.25) is 0 Å². The second-order valence-electron chi connectivity index (χ2n) is 4.44. The highest BCUT2D eigenvalue weighted by Crippen LogP contribution is 2.32. The van der Waals surface area contributed by atoms with Crippen molar-refractivity contribution in [3.63, 3.8) is 0 Å². The molecule has 0 aliphatic carbocycles. The van der Waals surface area contributed by atoms with E-state index in [0.717, 1.165) is 0 Å². The molecule has 0 radical (unpaired) electrons. The Balaban J connectivity index is 2.21. The van der Waals surface area contributed by atoms with E-state index in [-0.39, 0.29) is 23.6 Å². The summed E-state index contributed by atoms with van der Waals surface area (Å²) in [5.41, 5.74) is -1.30. The lowest BCUT2D eigenvalue weighted by Gasteiger charge is -2.15. The molecule has 0 bridgehead atoms. The number of rotatable bonds is 2. The molecule has 1 unspecified atom stereocenters. The summed E-state index contributed by atoms with van der Waals surface area (Å²) in [5, 5.41) is 2.52. The van der Waals surface area contributed by atoms with E-state index in [1.165, 1.54) is 0 Å². The van der Waals surface area contributed by atoms with Gasteiger partial charge in [-0.3, -0.25) is 0 Å². The zero-order chi connectivity index (χ0) is 14.3. The van der Waals surface area contributed by atoms with E-state index < -0.39 is 33.4 Å². The number of alkyl halides is 3. The Morgan fingerprint density at radius 3 is 2.47 bits per heavy atom. The van der Waals surface area contributed by atoms with Gasteiger partial charge < -0.3 is 5.32 Å². The van der Waals surface area contributed by atoms with Crippen molar-refractivity contribution < 1.29 is 26.0 Å². The first-order valence-electron chi connectivity index (χ1n) is 5.51. The summed E-state index contributed by atoms with van der Waals surface area (Å²) in [6.45, 7) is 0. The molecule has 106 valence electrons. The van der Waals surface area contributed by atoms with Gasteiger partial charge in [-0.25, -0.2) is 12.8 Å². The molecular formula is C11H11F4NO2S. The standard InChI is InChI=1S/C11H11F4NO2S/c12-9-2-1-7(11(13,14)15)5-10(9)16-8-3-4-19(17,18)6-8/h1-2,5,8,16H,3-4,6H2. The second kappa shape index (κ2) is 4.66. The van der Waals surface area contributed by atoms with Gasteiger partial charge in [-0.2, -0.15) is 13.2 Å². The van der Waals surface area contributed by atoms with Crippen molar-refractivity contribution in [1.29, 1.82) is 0 Å². The van der Waals surface area contributed by atoms with E-state index in [1.54, 1.807) is 0 Å². The zero-order valence-electron chi connectivity index (χ0n) is 9.67. The van der Waals surface area contributed by atoms with E-state index in [4.69, 9.17) is 0 Å². The van der Waals surface area contributed by atoms with E-state index >= 15 is 0 Å². The highest BCUT2D eigenvalue weighted by Gasteiger charge is 2.32. The van der Waals surface area contributed by atoms with Crippen LogP contribution in [-0.4, -0.2) is 26.0 Å². The topological polar surface area (TPSA) is 46.2 Å². The van der Waals surface area contributed by atoms with Crippen LogP contribution in [0.3, 0.4) is 0 Å². The minimum absolute atomic E-state index is 0.0365. The van der Waals surface area contributed by atoms with Crippen molar-refractivity contribution in [3.05, 3.63) is 29.6 Å². The van der Waals surface area contributed by atoms with Crippen molar-refractivity contribution in [2.24, 2.45) is 0 Å². The normalized spacial score (nSPS) is 22.4. The second-order valence-corrected chi connectivity index (χ2v) is 6.67. The third-order valence-corrected chi connectivity index (χ3v) is 4.65. The molecule has 1 N–H and O–H groups in total. The third-order valence-electron chi connectivity index (χ3n) is 2.89. The predicted octanol–water partition coefficient (Wildman–Crippen LogP) is 2.44. The molecular weight excluding hydrogens is 286 g/mol. The molecule has 1 heterocycles. The smallest absolute Gasteiger partial charge is 0.379 e. The first-order valence-corrected chi connectivity index (χ1v) is 7.33. The van der Waals surface area contributed by atoms with E-state index in [2.05, 4.69) is 5.32 Å². The molecule has 0 saturated carbocycles. The van der Waals surface area contributed by atoms with Gasteiger partial charge in [0.25, 0.3) is 0 Å². The third kappa shape index (κ3) is 3.37. The van der Waals surface area contributed by atoms with Crippen molar-refractivity contribution in [2.45, 2.75) is 18.6 Å². The molecule has 1 aliphatic heterocycles. The van der Waals surface area contributed by atoms with Crippen LogP contribution in [0.15, 0.2) is 18.2 Å². The van der Waals surface area contributed by atoms with Crippen molar-refractivity contribution in [3.8, 4) is 0 Å². The van der Waals surface area contributed by atoms with Crippen molar-refractivity contribution in [1.82, 2.24) is 0 Å². The number of hydrogen-bond acceptors (Lipinski definition) is 3. The van der Waals surface area contributed by atoms with Gasteiger partial charge in [0.15, 0.2) is 9.84 Å². The monoisotopic (exact) mass is 297 g/mol. The van der Waals surface area contributed by atoms with Crippen molar-refractivity contribution in [2.75, 3.05) is 16.8 Å². The summed E-state index contributed by atoms with van der Waals surface area (Å²) in [6, 6.07) is 1.46. The van der Waals surface area contributed by atoms with Gasteiger partial charge in [-0.05, 0) is 24.6 Å². The molecule has 8 heteroatoms. The molecule has 2 rings (SSSR count). The minimum atomic E-state index is -4.56.